The molecule has 0 aliphatic carbocycles. The summed E-state index contributed by atoms with van der Waals surface area (Å²) in [7, 11) is 0. The first-order valence-corrected chi connectivity index (χ1v) is 7.34. The molecule has 0 saturated heterocycles. The molecule has 1 aromatic heterocycles. The molecule has 0 aliphatic rings. The molecule has 2 rings (SSSR count). The van der Waals surface area contributed by atoms with Gasteiger partial charge < -0.3 is 11.1 Å². The SMILES string of the molecule is NC(=O)CCCCNc1nc2cc(Br)ccc2s1. The fourth-order valence-electron chi connectivity index (χ4n) is 1.60. The highest BCUT2D eigenvalue weighted by atomic mass is 79.9. The lowest BCUT2D eigenvalue weighted by molar-refractivity contribution is -0.118. The number of carbonyl (C=O) groups is 1. The molecule has 18 heavy (non-hydrogen) atoms. The van der Waals surface area contributed by atoms with Crippen LogP contribution in [0.5, 0.6) is 0 Å². The van der Waals surface area contributed by atoms with Crippen LogP contribution in [-0.2, 0) is 4.79 Å². The molecule has 96 valence electrons. The lowest BCUT2D eigenvalue weighted by atomic mass is 10.2. The second-order valence-electron chi connectivity index (χ2n) is 3.98. The Balaban J connectivity index is 1.86. The molecule has 0 bridgehead atoms. The van der Waals surface area contributed by atoms with E-state index >= 15 is 0 Å². The van der Waals surface area contributed by atoms with E-state index in [0.717, 1.165) is 39.2 Å². The Hall–Kier alpha value is -1.14. The van der Waals surface area contributed by atoms with Gasteiger partial charge >= 0.3 is 0 Å². The van der Waals surface area contributed by atoms with Crippen LogP contribution in [0.3, 0.4) is 0 Å². The predicted octanol–water partition coefficient (Wildman–Crippen LogP) is 3.13. The molecule has 0 radical (unpaired) electrons. The minimum Gasteiger partial charge on any atom is -0.370 e. The fourth-order valence-corrected chi connectivity index (χ4v) is 2.82. The Kier molecular flexibility index (Phi) is 4.54. The number of carbonyl (C=O) groups excluding carboxylic acids is 1. The topological polar surface area (TPSA) is 68.0 Å². The summed E-state index contributed by atoms with van der Waals surface area (Å²) in [6.07, 6.45) is 2.19. The summed E-state index contributed by atoms with van der Waals surface area (Å²) in [5.41, 5.74) is 6.07. The molecule has 0 aliphatic heterocycles. The summed E-state index contributed by atoms with van der Waals surface area (Å²) in [5, 5.41) is 4.19. The monoisotopic (exact) mass is 327 g/mol. The number of nitrogens with zero attached hydrogens (tertiary/aromatic N) is 1. The Morgan fingerprint density at radius 2 is 2.28 bits per heavy atom. The van der Waals surface area contributed by atoms with Crippen molar-refractivity contribution in [1.29, 1.82) is 0 Å². The molecule has 4 nitrogen and oxygen atoms in total. The molecule has 1 amide bonds. The van der Waals surface area contributed by atoms with E-state index in [-0.39, 0.29) is 5.91 Å². The Bertz CT molecular complexity index is 555. The predicted molar refractivity (Wildman–Crippen MR) is 78.9 cm³/mol. The number of aromatic nitrogens is 1. The highest BCUT2D eigenvalue weighted by Crippen LogP contribution is 2.28. The summed E-state index contributed by atoms with van der Waals surface area (Å²) < 4.78 is 2.20. The zero-order chi connectivity index (χ0) is 13.0. The van der Waals surface area contributed by atoms with Gasteiger partial charge in [0.2, 0.25) is 5.91 Å². The average Bonchev–Trinajstić information content (AvgIpc) is 2.70. The molecule has 0 atom stereocenters. The number of nitrogens with one attached hydrogen (secondary N) is 1. The molecular formula is C12H14BrN3OS. The third-order valence-electron chi connectivity index (χ3n) is 2.48. The molecule has 1 aromatic carbocycles. The van der Waals surface area contributed by atoms with Crippen LogP contribution in [0, 0.1) is 0 Å². The van der Waals surface area contributed by atoms with E-state index in [4.69, 9.17) is 5.73 Å². The standard InChI is InChI=1S/C12H14BrN3OS/c13-8-4-5-10-9(7-8)16-12(18-10)15-6-2-1-3-11(14)17/h4-5,7H,1-3,6H2,(H2,14,17)(H,15,16). The van der Waals surface area contributed by atoms with Gasteiger partial charge in [0.1, 0.15) is 0 Å². The van der Waals surface area contributed by atoms with E-state index < -0.39 is 0 Å². The van der Waals surface area contributed by atoms with E-state index in [2.05, 4.69) is 32.3 Å². The van der Waals surface area contributed by atoms with E-state index in [0.29, 0.717) is 6.42 Å². The minimum atomic E-state index is -0.236. The number of rotatable bonds is 6. The molecule has 2 aromatic rings. The van der Waals surface area contributed by atoms with Gasteiger partial charge in [0.05, 0.1) is 10.2 Å². The fraction of sp³-hybridized carbons (Fsp3) is 0.333. The van der Waals surface area contributed by atoms with Crippen LogP contribution in [0.4, 0.5) is 5.13 Å². The number of amides is 1. The van der Waals surface area contributed by atoms with Gasteiger partial charge in [0, 0.05) is 17.4 Å². The van der Waals surface area contributed by atoms with E-state index in [1.807, 2.05) is 12.1 Å². The number of primary amides is 1. The first-order valence-electron chi connectivity index (χ1n) is 5.73. The van der Waals surface area contributed by atoms with Gasteiger partial charge in [0.25, 0.3) is 0 Å². The third-order valence-corrected chi connectivity index (χ3v) is 3.96. The van der Waals surface area contributed by atoms with E-state index in [1.54, 1.807) is 11.3 Å². The van der Waals surface area contributed by atoms with Crippen molar-refractivity contribution < 1.29 is 4.79 Å². The van der Waals surface area contributed by atoms with Crippen LogP contribution in [0.25, 0.3) is 10.2 Å². The Morgan fingerprint density at radius 3 is 3.06 bits per heavy atom. The molecule has 0 unspecified atom stereocenters. The zero-order valence-electron chi connectivity index (χ0n) is 9.78. The van der Waals surface area contributed by atoms with Gasteiger partial charge in [-0.05, 0) is 31.0 Å². The normalized spacial score (nSPS) is 10.7. The Labute approximate surface area is 118 Å². The van der Waals surface area contributed by atoms with Crippen molar-refractivity contribution in [1.82, 2.24) is 4.98 Å². The van der Waals surface area contributed by atoms with Gasteiger partial charge in [-0.2, -0.15) is 0 Å². The summed E-state index contributed by atoms with van der Waals surface area (Å²) >= 11 is 5.06. The van der Waals surface area contributed by atoms with Crippen molar-refractivity contribution in [2.45, 2.75) is 19.3 Å². The average molecular weight is 328 g/mol. The number of benzene rings is 1. The van der Waals surface area contributed by atoms with Crippen LogP contribution in [0.15, 0.2) is 22.7 Å². The number of nitrogens with two attached hydrogens (primary N) is 1. The first-order chi connectivity index (χ1) is 8.65. The largest absolute Gasteiger partial charge is 0.370 e. The summed E-state index contributed by atoms with van der Waals surface area (Å²) in [6, 6.07) is 6.07. The van der Waals surface area contributed by atoms with Gasteiger partial charge in [-0.25, -0.2) is 4.98 Å². The number of unbranched alkanes of at least 4 members (excludes halogenated alkanes) is 1. The highest BCUT2D eigenvalue weighted by Gasteiger charge is 2.03. The maximum atomic E-state index is 10.6. The Morgan fingerprint density at radius 1 is 1.44 bits per heavy atom. The van der Waals surface area contributed by atoms with Crippen molar-refractivity contribution in [3.05, 3.63) is 22.7 Å². The van der Waals surface area contributed by atoms with E-state index in [1.165, 1.54) is 0 Å². The van der Waals surface area contributed by atoms with Gasteiger partial charge in [-0.15, -0.1) is 0 Å². The third kappa shape index (κ3) is 3.68. The molecule has 1 heterocycles. The highest BCUT2D eigenvalue weighted by molar-refractivity contribution is 9.10. The number of hydrogen-bond donors (Lipinski definition) is 2. The van der Waals surface area contributed by atoms with Crippen LogP contribution in [0.1, 0.15) is 19.3 Å². The first kappa shape index (κ1) is 13.3. The maximum absolute atomic E-state index is 10.6. The van der Waals surface area contributed by atoms with E-state index in [9.17, 15) is 4.79 Å². The number of halogens is 1. The minimum absolute atomic E-state index is 0.236. The zero-order valence-corrected chi connectivity index (χ0v) is 12.2. The number of anilines is 1. The maximum Gasteiger partial charge on any atom is 0.217 e. The van der Waals surface area contributed by atoms with Gasteiger partial charge in [0.15, 0.2) is 5.13 Å². The summed E-state index contributed by atoms with van der Waals surface area (Å²) in [4.78, 5) is 15.1. The lowest BCUT2D eigenvalue weighted by Crippen LogP contribution is -2.10. The van der Waals surface area contributed by atoms with Crippen molar-refractivity contribution in [2.75, 3.05) is 11.9 Å². The summed E-state index contributed by atoms with van der Waals surface area (Å²) in [6.45, 7) is 0.814. The van der Waals surface area contributed by atoms with Crippen molar-refractivity contribution >= 4 is 48.5 Å². The number of fused-ring (bicyclic) bond motifs is 1. The quantitative estimate of drug-likeness (QED) is 0.801. The lowest BCUT2D eigenvalue weighted by Gasteiger charge is -2.00. The molecule has 6 heteroatoms. The second kappa shape index (κ2) is 6.15. The van der Waals surface area contributed by atoms with Crippen LogP contribution in [-0.4, -0.2) is 17.4 Å². The van der Waals surface area contributed by atoms with Crippen molar-refractivity contribution in [3.63, 3.8) is 0 Å². The number of thiazole rings is 1. The van der Waals surface area contributed by atoms with Crippen LogP contribution < -0.4 is 11.1 Å². The smallest absolute Gasteiger partial charge is 0.217 e. The van der Waals surface area contributed by atoms with Gasteiger partial charge in [-0.3, -0.25) is 4.79 Å². The molecular weight excluding hydrogens is 314 g/mol. The van der Waals surface area contributed by atoms with Crippen molar-refractivity contribution in [2.24, 2.45) is 5.73 Å². The molecule has 3 N–H and O–H groups in total. The summed E-state index contributed by atoms with van der Waals surface area (Å²) in [5.74, 6) is -0.236. The molecule has 0 saturated carbocycles. The molecule has 0 fully saturated rings. The van der Waals surface area contributed by atoms with Gasteiger partial charge in [-0.1, -0.05) is 27.3 Å². The number of hydrogen-bond acceptors (Lipinski definition) is 4. The second-order valence-corrected chi connectivity index (χ2v) is 5.93. The van der Waals surface area contributed by atoms with Crippen molar-refractivity contribution in [3.8, 4) is 0 Å². The van der Waals surface area contributed by atoms with Crippen LogP contribution >= 0.6 is 27.3 Å². The van der Waals surface area contributed by atoms with Crippen LogP contribution in [0.2, 0.25) is 0 Å². The molecule has 0 spiro atoms.